The molecule has 1 aromatic rings. The first kappa shape index (κ1) is 15.4. The van der Waals surface area contributed by atoms with E-state index in [1.54, 1.807) is 12.1 Å². The van der Waals surface area contributed by atoms with E-state index in [4.69, 9.17) is 0 Å². The summed E-state index contributed by atoms with van der Waals surface area (Å²) in [5.74, 6) is -0.248. The predicted molar refractivity (Wildman–Crippen MR) is 82.2 cm³/mol. The molecule has 22 heavy (non-hydrogen) atoms. The van der Waals surface area contributed by atoms with E-state index in [1.807, 2.05) is 13.0 Å². The van der Waals surface area contributed by atoms with E-state index < -0.39 is 0 Å². The Balaban J connectivity index is 1.71. The van der Waals surface area contributed by atoms with E-state index in [9.17, 15) is 9.18 Å². The molecule has 0 radical (unpaired) electrons. The van der Waals surface area contributed by atoms with Crippen LogP contribution in [0.25, 0.3) is 0 Å². The number of rotatable bonds is 4. The quantitative estimate of drug-likeness (QED) is 0.673. The lowest BCUT2D eigenvalue weighted by Gasteiger charge is -2.30. The first-order valence-corrected chi connectivity index (χ1v) is 7.91. The largest absolute Gasteiger partial charge is 0.354 e. The number of carbonyl (C=O) groups is 1. The molecule has 0 bridgehead atoms. The third kappa shape index (κ3) is 2.99. The fourth-order valence-electron chi connectivity index (χ4n) is 3.54. The SMILES string of the molecule is CC1NNNC1C(=O)NCC1(c2cccc(F)c2)CCCC1. The van der Waals surface area contributed by atoms with Crippen molar-refractivity contribution >= 4 is 5.91 Å². The van der Waals surface area contributed by atoms with Crippen LogP contribution in [0.15, 0.2) is 24.3 Å². The highest BCUT2D eigenvalue weighted by Gasteiger charge is 2.37. The van der Waals surface area contributed by atoms with E-state index in [0.717, 1.165) is 31.2 Å². The van der Waals surface area contributed by atoms with Gasteiger partial charge in [-0.3, -0.25) is 4.79 Å². The summed E-state index contributed by atoms with van der Waals surface area (Å²) in [5, 5.41) is 3.05. The summed E-state index contributed by atoms with van der Waals surface area (Å²) in [7, 11) is 0. The molecule has 120 valence electrons. The summed E-state index contributed by atoms with van der Waals surface area (Å²) < 4.78 is 13.6. The van der Waals surface area contributed by atoms with Crippen LogP contribution in [0.3, 0.4) is 0 Å². The van der Waals surface area contributed by atoms with Crippen molar-refractivity contribution in [2.45, 2.75) is 50.1 Å². The Morgan fingerprint density at radius 3 is 2.77 bits per heavy atom. The molecule has 2 fully saturated rings. The zero-order valence-corrected chi connectivity index (χ0v) is 12.8. The molecule has 5 nitrogen and oxygen atoms in total. The maximum absolute atomic E-state index is 13.6. The van der Waals surface area contributed by atoms with Gasteiger partial charge in [0, 0.05) is 18.0 Å². The fourth-order valence-corrected chi connectivity index (χ4v) is 3.54. The highest BCUT2D eigenvalue weighted by atomic mass is 19.1. The van der Waals surface area contributed by atoms with Gasteiger partial charge in [-0.05, 0) is 37.5 Å². The lowest BCUT2D eigenvalue weighted by atomic mass is 9.78. The summed E-state index contributed by atoms with van der Waals surface area (Å²) in [4.78, 5) is 12.3. The highest BCUT2D eigenvalue weighted by molar-refractivity contribution is 5.82. The molecule has 2 aliphatic rings. The first-order chi connectivity index (χ1) is 10.6. The summed E-state index contributed by atoms with van der Waals surface area (Å²) in [6.45, 7) is 2.50. The second kappa shape index (κ2) is 6.32. The number of hydrogen-bond donors (Lipinski definition) is 4. The smallest absolute Gasteiger partial charge is 0.240 e. The van der Waals surface area contributed by atoms with Crippen molar-refractivity contribution in [2.75, 3.05) is 6.54 Å². The van der Waals surface area contributed by atoms with Crippen LogP contribution in [0.4, 0.5) is 4.39 Å². The lowest BCUT2D eigenvalue weighted by molar-refractivity contribution is -0.123. The summed E-state index contributed by atoms with van der Waals surface area (Å²) in [6, 6.07) is 6.52. The van der Waals surface area contributed by atoms with E-state index in [2.05, 4.69) is 21.7 Å². The third-order valence-corrected chi connectivity index (χ3v) is 4.91. The molecule has 1 aliphatic heterocycles. The molecule has 2 atom stereocenters. The number of amides is 1. The molecule has 1 heterocycles. The Hall–Kier alpha value is -1.50. The Bertz CT molecular complexity index is 545. The molecule has 4 N–H and O–H groups in total. The maximum Gasteiger partial charge on any atom is 0.240 e. The summed E-state index contributed by atoms with van der Waals surface area (Å²) in [5.41, 5.74) is 9.49. The monoisotopic (exact) mass is 306 g/mol. The van der Waals surface area contributed by atoms with Gasteiger partial charge in [0.2, 0.25) is 5.91 Å². The van der Waals surface area contributed by atoms with Crippen LogP contribution in [-0.2, 0) is 10.2 Å². The van der Waals surface area contributed by atoms with E-state index >= 15 is 0 Å². The van der Waals surface area contributed by atoms with Crippen LogP contribution >= 0.6 is 0 Å². The second-order valence-corrected chi connectivity index (χ2v) is 6.40. The average molecular weight is 306 g/mol. The van der Waals surface area contributed by atoms with Gasteiger partial charge < -0.3 is 5.32 Å². The van der Waals surface area contributed by atoms with Crippen LogP contribution in [0, 0.1) is 5.82 Å². The Labute approximate surface area is 130 Å². The zero-order valence-electron chi connectivity index (χ0n) is 12.8. The minimum Gasteiger partial charge on any atom is -0.354 e. The normalized spacial score (nSPS) is 27.0. The number of hydrazine groups is 2. The Morgan fingerprint density at radius 1 is 1.36 bits per heavy atom. The molecule has 6 heteroatoms. The molecular weight excluding hydrogens is 283 g/mol. The lowest BCUT2D eigenvalue weighted by Crippen LogP contribution is -2.50. The molecule has 0 aromatic heterocycles. The highest BCUT2D eigenvalue weighted by Crippen LogP contribution is 2.40. The van der Waals surface area contributed by atoms with Crippen molar-refractivity contribution < 1.29 is 9.18 Å². The van der Waals surface area contributed by atoms with Gasteiger partial charge in [0.05, 0.1) is 0 Å². The number of benzene rings is 1. The van der Waals surface area contributed by atoms with Crippen molar-refractivity contribution in [3.05, 3.63) is 35.6 Å². The van der Waals surface area contributed by atoms with Gasteiger partial charge >= 0.3 is 0 Å². The molecule has 1 saturated carbocycles. The number of carbonyl (C=O) groups excluding carboxylic acids is 1. The van der Waals surface area contributed by atoms with E-state index in [0.29, 0.717) is 6.54 Å². The molecular formula is C16H23FN4O. The van der Waals surface area contributed by atoms with Gasteiger partial charge in [-0.1, -0.05) is 25.0 Å². The van der Waals surface area contributed by atoms with Gasteiger partial charge in [0.1, 0.15) is 11.9 Å². The Kier molecular flexibility index (Phi) is 4.42. The molecule has 1 aliphatic carbocycles. The topological polar surface area (TPSA) is 65.2 Å². The second-order valence-electron chi connectivity index (χ2n) is 6.40. The Morgan fingerprint density at radius 2 is 2.14 bits per heavy atom. The summed E-state index contributed by atoms with van der Waals surface area (Å²) >= 11 is 0. The molecule has 0 spiro atoms. The van der Waals surface area contributed by atoms with Gasteiger partial charge in [0.25, 0.3) is 0 Å². The molecule has 1 saturated heterocycles. The standard InChI is InChI=1S/C16H23FN4O/c1-11-14(20-21-19-11)15(22)18-10-16(7-2-3-8-16)12-5-4-6-13(17)9-12/h4-6,9,11,14,19-21H,2-3,7-8,10H2,1H3,(H,18,22). The van der Waals surface area contributed by atoms with Crippen LogP contribution in [0.5, 0.6) is 0 Å². The van der Waals surface area contributed by atoms with Crippen LogP contribution in [0.1, 0.15) is 38.2 Å². The number of hydrogen-bond acceptors (Lipinski definition) is 4. The van der Waals surface area contributed by atoms with Crippen LogP contribution in [0.2, 0.25) is 0 Å². The molecule has 1 amide bonds. The zero-order chi connectivity index (χ0) is 15.6. The van der Waals surface area contributed by atoms with Gasteiger partial charge in [-0.25, -0.2) is 15.2 Å². The van der Waals surface area contributed by atoms with Crippen molar-refractivity contribution in [1.29, 1.82) is 0 Å². The van der Waals surface area contributed by atoms with Gasteiger partial charge in [0.15, 0.2) is 0 Å². The van der Waals surface area contributed by atoms with Crippen molar-refractivity contribution in [3.63, 3.8) is 0 Å². The molecule has 1 aromatic carbocycles. The van der Waals surface area contributed by atoms with Crippen molar-refractivity contribution in [2.24, 2.45) is 0 Å². The number of halogens is 1. The number of nitrogens with one attached hydrogen (secondary N) is 4. The van der Waals surface area contributed by atoms with Crippen LogP contribution in [-0.4, -0.2) is 24.5 Å². The molecule has 3 rings (SSSR count). The maximum atomic E-state index is 13.6. The first-order valence-electron chi connectivity index (χ1n) is 7.91. The minimum atomic E-state index is -0.300. The van der Waals surface area contributed by atoms with Crippen LogP contribution < -0.4 is 21.7 Å². The minimum absolute atomic E-state index is 0.0219. The average Bonchev–Trinajstić information content (AvgIpc) is 3.14. The predicted octanol–water partition coefficient (Wildman–Crippen LogP) is 1.12. The summed E-state index contributed by atoms with van der Waals surface area (Å²) in [6.07, 6.45) is 4.21. The molecule has 2 unspecified atom stereocenters. The van der Waals surface area contributed by atoms with Crippen molar-refractivity contribution in [1.82, 2.24) is 21.7 Å². The van der Waals surface area contributed by atoms with Gasteiger partial charge in [-0.15, -0.1) is 0 Å². The van der Waals surface area contributed by atoms with E-state index in [1.165, 1.54) is 6.07 Å². The van der Waals surface area contributed by atoms with Crippen molar-refractivity contribution in [3.8, 4) is 0 Å². The van der Waals surface area contributed by atoms with Gasteiger partial charge in [-0.2, -0.15) is 5.53 Å². The third-order valence-electron chi connectivity index (χ3n) is 4.91. The fraction of sp³-hybridized carbons (Fsp3) is 0.562. The van der Waals surface area contributed by atoms with E-state index in [-0.39, 0.29) is 29.2 Å².